The van der Waals surface area contributed by atoms with Gasteiger partial charge in [-0.3, -0.25) is 4.79 Å². The molecule has 2 rings (SSSR count). The number of carboxylic acids is 1. The summed E-state index contributed by atoms with van der Waals surface area (Å²) >= 11 is 0. The summed E-state index contributed by atoms with van der Waals surface area (Å²) in [7, 11) is 0. The van der Waals surface area contributed by atoms with Gasteiger partial charge in [-0.25, -0.2) is 4.98 Å². The minimum atomic E-state index is -0.817. The number of carbonyl (C=O) groups is 1. The van der Waals surface area contributed by atoms with Gasteiger partial charge in [0.25, 0.3) is 0 Å². The fraction of sp³-hybridized carbons (Fsp3) is 0.273. The van der Waals surface area contributed by atoms with Crippen LogP contribution in [0.3, 0.4) is 0 Å². The lowest BCUT2D eigenvalue weighted by Crippen LogP contribution is -2.02. The summed E-state index contributed by atoms with van der Waals surface area (Å²) in [6.45, 7) is 2.03. The van der Waals surface area contributed by atoms with Crippen molar-refractivity contribution in [2.75, 3.05) is 0 Å². The number of aryl methyl sites for hydroxylation is 1. The first kappa shape index (κ1) is 9.71. The van der Waals surface area contributed by atoms with E-state index < -0.39 is 5.97 Å². The molecule has 0 saturated heterocycles. The van der Waals surface area contributed by atoms with Crippen LogP contribution in [0.5, 0.6) is 0 Å². The van der Waals surface area contributed by atoms with Crippen LogP contribution in [0, 0.1) is 0 Å². The minimum absolute atomic E-state index is 0.0409. The number of nitrogens with zero attached hydrogens (tertiary/aromatic N) is 2. The highest BCUT2D eigenvalue weighted by atomic mass is 16.4. The lowest BCUT2D eigenvalue weighted by molar-refractivity contribution is -0.136. The lowest BCUT2D eigenvalue weighted by Gasteiger charge is -2.02. The number of hydrogen-bond donors (Lipinski definition) is 1. The van der Waals surface area contributed by atoms with Crippen molar-refractivity contribution in [2.45, 2.75) is 19.8 Å². The molecule has 0 aliphatic carbocycles. The molecular formula is C11H12N2O2. The first-order valence-electron chi connectivity index (χ1n) is 4.88. The number of aromatic nitrogens is 2. The molecule has 2 aromatic heterocycles. The van der Waals surface area contributed by atoms with Crippen LogP contribution < -0.4 is 0 Å². The van der Waals surface area contributed by atoms with Crippen molar-refractivity contribution in [2.24, 2.45) is 0 Å². The minimum Gasteiger partial charge on any atom is -0.481 e. The topological polar surface area (TPSA) is 54.6 Å². The number of aliphatic carboxylic acids is 1. The zero-order valence-electron chi connectivity index (χ0n) is 8.47. The SMILES string of the molecule is CCc1ncc2c(CC(=O)O)cccn12. The van der Waals surface area contributed by atoms with E-state index in [9.17, 15) is 4.79 Å². The van der Waals surface area contributed by atoms with Crippen LogP contribution in [-0.4, -0.2) is 20.5 Å². The quantitative estimate of drug-likeness (QED) is 0.824. The molecule has 1 N–H and O–H groups in total. The molecule has 0 aliphatic heterocycles. The number of pyridine rings is 1. The highest BCUT2D eigenvalue weighted by molar-refractivity contribution is 5.74. The maximum Gasteiger partial charge on any atom is 0.307 e. The summed E-state index contributed by atoms with van der Waals surface area (Å²) in [6, 6.07) is 3.68. The Morgan fingerprint density at radius 3 is 3.07 bits per heavy atom. The van der Waals surface area contributed by atoms with E-state index in [1.165, 1.54) is 0 Å². The Bertz CT molecular complexity index is 502. The van der Waals surface area contributed by atoms with Gasteiger partial charge in [0.1, 0.15) is 5.82 Å². The van der Waals surface area contributed by atoms with Gasteiger partial charge in [0, 0.05) is 12.6 Å². The molecule has 15 heavy (non-hydrogen) atoms. The van der Waals surface area contributed by atoms with E-state index in [4.69, 9.17) is 5.11 Å². The number of rotatable bonds is 3. The summed E-state index contributed by atoms with van der Waals surface area (Å²) in [6.07, 6.45) is 4.52. The molecule has 0 radical (unpaired) electrons. The first-order chi connectivity index (χ1) is 7.22. The van der Waals surface area contributed by atoms with Crippen LogP contribution in [0.4, 0.5) is 0 Å². The molecule has 0 fully saturated rings. The third-order valence-electron chi connectivity index (χ3n) is 2.39. The Labute approximate surface area is 87.2 Å². The number of hydrogen-bond acceptors (Lipinski definition) is 2. The van der Waals surface area contributed by atoms with Gasteiger partial charge in [0.2, 0.25) is 0 Å². The van der Waals surface area contributed by atoms with Crippen molar-refractivity contribution in [3.05, 3.63) is 35.9 Å². The molecule has 0 unspecified atom stereocenters. The first-order valence-corrected chi connectivity index (χ1v) is 4.88. The largest absolute Gasteiger partial charge is 0.481 e. The molecule has 0 spiro atoms. The van der Waals surface area contributed by atoms with E-state index in [2.05, 4.69) is 4.98 Å². The summed E-state index contributed by atoms with van der Waals surface area (Å²) in [4.78, 5) is 14.9. The van der Waals surface area contributed by atoms with Gasteiger partial charge in [0.05, 0.1) is 18.1 Å². The standard InChI is InChI=1S/C11H12N2O2/c1-2-10-12-7-9-8(6-11(14)15)4-3-5-13(9)10/h3-5,7H,2,6H2,1H3,(H,14,15). The Hall–Kier alpha value is -1.84. The van der Waals surface area contributed by atoms with Crippen molar-refractivity contribution in [3.63, 3.8) is 0 Å². The van der Waals surface area contributed by atoms with Gasteiger partial charge in [-0.05, 0) is 11.6 Å². The maximum atomic E-state index is 10.7. The van der Waals surface area contributed by atoms with Gasteiger partial charge < -0.3 is 9.51 Å². The maximum absolute atomic E-state index is 10.7. The zero-order valence-corrected chi connectivity index (χ0v) is 8.47. The average molecular weight is 204 g/mol. The highest BCUT2D eigenvalue weighted by Crippen LogP contribution is 2.13. The molecule has 78 valence electrons. The van der Waals surface area contributed by atoms with Crippen LogP contribution in [-0.2, 0) is 17.6 Å². The predicted octanol–water partition coefficient (Wildman–Crippen LogP) is 1.52. The third-order valence-corrected chi connectivity index (χ3v) is 2.39. The van der Waals surface area contributed by atoms with Crippen molar-refractivity contribution in [1.29, 1.82) is 0 Å². The van der Waals surface area contributed by atoms with Crippen molar-refractivity contribution < 1.29 is 9.90 Å². The molecule has 0 aliphatic rings. The van der Waals surface area contributed by atoms with Crippen molar-refractivity contribution in [1.82, 2.24) is 9.38 Å². The van der Waals surface area contributed by atoms with E-state index in [0.29, 0.717) is 0 Å². The van der Waals surface area contributed by atoms with E-state index in [1.807, 2.05) is 29.7 Å². The Morgan fingerprint density at radius 2 is 2.40 bits per heavy atom. The molecule has 0 bridgehead atoms. The third kappa shape index (κ3) is 1.70. The second-order valence-electron chi connectivity index (χ2n) is 3.39. The predicted molar refractivity (Wildman–Crippen MR) is 55.9 cm³/mol. The van der Waals surface area contributed by atoms with Crippen LogP contribution in [0.25, 0.3) is 5.52 Å². The average Bonchev–Trinajstić information content (AvgIpc) is 2.61. The Balaban J connectivity index is 2.56. The van der Waals surface area contributed by atoms with Crippen LogP contribution >= 0.6 is 0 Å². The Morgan fingerprint density at radius 1 is 1.60 bits per heavy atom. The Kier molecular flexibility index (Phi) is 2.41. The molecule has 0 aromatic carbocycles. The summed E-state index contributed by atoms with van der Waals surface area (Å²) in [5.41, 5.74) is 1.69. The smallest absolute Gasteiger partial charge is 0.307 e. The summed E-state index contributed by atoms with van der Waals surface area (Å²) in [5, 5.41) is 8.76. The molecule has 2 aromatic rings. The molecule has 0 atom stereocenters. The summed E-state index contributed by atoms with van der Waals surface area (Å²) < 4.78 is 1.94. The number of fused-ring (bicyclic) bond motifs is 1. The zero-order chi connectivity index (χ0) is 10.8. The normalized spacial score (nSPS) is 10.7. The van der Waals surface area contributed by atoms with Crippen LogP contribution in [0.1, 0.15) is 18.3 Å². The van der Waals surface area contributed by atoms with E-state index in [0.717, 1.165) is 23.3 Å². The summed E-state index contributed by atoms with van der Waals surface area (Å²) in [5.74, 6) is 0.139. The second-order valence-corrected chi connectivity index (χ2v) is 3.39. The lowest BCUT2D eigenvalue weighted by atomic mass is 10.2. The van der Waals surface area contributed by atoms with Gasteiger partial charge in [-0.15, -0.1) is 0 Å². The van der Waals surface area contributed by atoms with Gasteiger partial charge >= 0.3 is 5.97 Å². The van der Waals surface area contributed by atoms with Crippen molar-refractivity contribution in [3.8, 4) is 0 Å². The van der Waals surface area contributed by atoms with E-state index in [-0.39, 0.29) is 6.42 Å². The van der Waals surface area contributed by atoms with Gasteiger partial charge in [0.15, 0.2) is 0 Å². The fourth-order valence-corrected chi connectivity index (χ4v) is 1.71. The molecule has 4 nitrogen and oxygen atoms in total. The fourth-order valence-electron chi connectivity index (χ4n) is 1.71. The monoisotopic (exact) mass is 204 g/mol. The van der Waals surface area contributed by atoms with Crippen molar-refractivity contribution >= 4 is 11.5 Å². The van der Waals surface area contributed by atoms with Gasteiger partial charge in [-0.1, -0.05) is 13.0 Å². The molecular weight excluding hydrogens is 192 g/mol. The van der Waals surface area contributed by atoms with E-state index in [1.54, 1.807) is 6.20 Å². The van der Waals surface area contributed by atoms with Crippen LogP contribution in [0.2, 0.25) is 0 Å². The highest BCUT2D eigenvalue weighted by Gasteiger charge is 2.08. The molecule has 0 amide bonds. The molecule has 0 saturated carbocycles. The second kappa shape index (κ2) is 3.73. The van der Waals surface area contributed by atoms with Crippen LogP contribution in [0.15, 0.2) is 24.5 Å². The molecule has 4 heteroatoms. The number of imidazole rings is 1. The number of carboxylic acid groups (broad SMARTS) is 1. The van der Waals surface area contributed by atoms with E-state index >= 15 is 0 Å². The van der Waals surface area contributed by atoms with Gasteiger partial charge in [-0.2, -0.15) is 0 Å². The molecule has 2 heterocycles.